The van der Waals surface area contributed by atoms with Crippen LogP contribution in [-0.2, 0) is 38.1 Å². The van der Waals surface area contributed by atoms with Gasteiger partial charge in [0.25, 0.3) is 0 Å². The Hall–Kier alpha value is -2.24. The van der Waals surface area contributed by atoms with Gasteiger partial charge in [0.05, 0.1) is 26.2 Å². The first-order valence-corrected chi connectivity index (χ1v) is 13.5. The molecule has 0 aliphatic rings. The molecule has 0 saturated heterocycles. The molecule has 0 bridgehead atoms. The first kappa shape index (κ1) is 36.8. The van der Waals surface area contributed by atoms with Gasteiger partial charge < -0.3 is 24.3 Å². The van der Waals surface area contributed by atoms with E-state index in [1.807, 2.05) is 0 Å². The van der Waals surface area contributed by atoms with Crippen molar-refractivity contribution >= 4 is 23.9 Å². The fourth-order valence-corrected chi connectivity index (χ4v) is 3.25. The summed E-state index contributed by atoms with van der Waals surface area (Å²) in [5.41, 5.74) is -2.56. The van der Waals surface area contributed by atoms with Crippen molar-refractivity contribution in [1.82, 2.24) is 15.1 Å². The summed E-state index contributed by atoms with van der Waals surface area (Å²) < 4.78 is 21.6. The molecule has 0 aliphatic heterocycles. The monoisotopic (exact) mass is 559 g/mol. The molecule has 0 amide bonds. The van der Waals surface area contributed by atoms with Crippen LogP contribution in [0.25, 0.3) is 0 Å². The molecule has 11 heteroatoms. The van der Waals surface area contributed by atoms with Crippen LogP contribution < -0.4 is 5.32 Å². The van der Waals surface area contributed by atoms with Crippen LogP contribution in [0.3, 0.4) is 0 Å². The molecule has 0 aromatic rings. The molecule has 0 aromatic heterocycles. The third-order valence-electron chi connectivity index (χ3n) is 4.30. The fraction of sp³-hybridized carbons (Fsp3) is 0.857. The van der Waals surface area contributed by atoms with Crippen LogP contribution >= 0.6 is 0 Å². The van der Waals surface area contributed by atoms with Crippen molar-refractivity contribution in [2.75, 3.05) is 52.4 Å². The van der Waals surface area contributed by atoms with Crippen molar-refractivity contribution in [2.45, 2.75) is 105 Å². The molecular weight excluding hydrogens is 506 g/mol. The first-order chi connectivity index (χ1) is 17.4. The van der Waals surface area contributed by atoms with Crippen LogP contribution in [0.2, 0.25) is 0 Å². The zero-order valence-corrected chi connectivity index (χ0v) is 26.3. The maximum atomic E-state index is 12.4. The highest BCUT2D eigenvalue weighted by atomic mass is 16.6. The second kappa shape index (κ2) is 15.5. The Morgan fingerprint density at radius 1 is 0.462 bits per heavy atom. The number of nitrogens with zero attached hydrogens (tertiary/aromatic N) is 2. The Kier molecular flexibility index (Phi) is 14.6. The number of carbonyl (C=O) groups excluding carboxylic acids is 4. The van der Waals surface area contributed by atoms with Gasteiger partial charge in [0.1, 0.15) is 22.4 Å². The van der Waals surface area contributed by atoms with Gasteiger partial charge in [0.15, 0.2) is 0 Å². The molecule has 228 valence electrons. The molecule has 0 saturated carbocycles. The average Bonchev–Trinajstić information content (AvgIpc) is 2.60. The van der Waals surface area contributed by atoms with Crippen molar-refractivity contribution in [2.24, 2.45) is 0 Å². The number of ether oxygens (including phenoxy) is 4. The molecule has 0 radical (unpaired) electrons. The number of hydrogen-bond acceptors (Lipinski definition) is 11. The molecule has 0 aliphatic carbocycles. The van der Waals surface area contributed by atoms with E-state index in [1.165, 1.54) is 0 Å². The Morgan fingerprint density at radius 3 is 0.846 bits per heavy atom. The number of esters is 4. The summed E-state index contributed by atoms with van der Waals surface area (Å²) in [5.74, 6) is -1.75. The van der Waals surface area contributed by atoms with E-state index < -0.39 is 46.3 Å². The minimum atomic E-state index is -0.640. The van der Waals surface area contributed by atoms with E-state index in [9.17, 15) is 19.2 Å². The highest BCUT2D eigenvalue weighted by molar-refractivity contribution is 5.76. The minimum absolute atomic E-state index is 0.0679. The smallest absolute Gasteiger partial charge is 0.320 e. The minimum Gasteiger partial charge on any atom is -0.459 e. The summed E-state index contributed by atoms with van der Waals surface area (Å²) in [7, 11) is 0. The van der Waals surface area contributed by atoms with Crippen molar-refractivity contribution in [3.63, 3.8) is 0 Å². The van der Waals surface area contributed by atoms with Crippen LogP contribution in [0.5, 0.6) is 0 Å². The van der Waals surface area contributed by atoms with Crippen molar-refractivity contribution in [3.05, 3.63) is 0 Å². The normalized spacial score (nSPS) is 12.9. The van der Waals surface area contributed by atoms with Gasteiger partial charge in [-0.2, -0.15) is 0 Å². The van der Waals surface area contributed by atoms with E-state index in [4.69, 9.17) is 18.9 Å². The van der Waals surface area contributed by atoms with Crippen molar-refractivity contribution < 1.29 is 38.1 Å². The first-order valence-electron chi connectivity index (χ1n) is 13.5. The van der Waals surface area contributed by atoms with E-state index in [0.717, 1.165) is 0 Å². The lowest BCUT2D eigenvalue weighted by atomic mass is 10.2. The summed E-state index contributed by atoms with van der Waals surface area (Å²) in [6, 6.07) is 0. The Labute approximate surface area is 235 Å². The molecule has 1 N–H and O–H groups in total. The maximum absolute atomic E-state index is 12.4. The van der Waals surface area contributed by atoms with Crippen molar-refractivity contribution in [3.8, 4) is 0 Å². The van der Waals surface area contributed by atoms with Gasteiger partial charge in [-0.15, -0.1) is 0 Å². The summed E-state index contributed by atoms with van der Waals surface area (Å²) in [4.78, 5) is 52.9. The molecular formula is C28H53N3O8. The standard InChI is InChI=1S/C28H53N3O8/c1-25(2,3)36-21(32)17-30(18-22(33)37-26(4,5)6)15-13-29-14-16-31(19-23(34)38-27(7,8)9)20-24(35)39-28(10,11)12/h29H,13-20H2,1-12H3. The van der Waals surface area contributed by atoms with Gasteiger partial charge in [0, 0.05) is 26.2 Å². The Bertz CT molecular complexity index is 676. The molecule has 11 nitrogen and oxygen atoms in total. The van der Waals surface area contributed by atoms with E-state index >= 15 is 0 Å². The highest BCUT2D eigenvalue weighted by Crippen LogP contribution is 2.11. The topological polar surface area (TPSA) is 124 Å². The van der Waals surface area contributed by atoms with Gasteiger partial charge in [0.2, 0.25) is 0 Å². The fourth-order valence-electron chi connectivity index (χ4n) is 3.25. The average molecular weight is 560 g/mol. The molecule has 0 fully saturated rings. The molecule has 0 unspecified atom stereocenters. The number of hydrogen-bond donors (Lipinski definition) is 1. The highest BCUT2D eigenvalue weighted by Gasteiger charge is 2.25. The predicted molar refractivity (Wildman–Crippen MR) is 149 cm³/mol. The van der Waals surface area contributed by atoms with E-state index in [1.54, 1.807) is 92.9 Å². The van der Waals surface area contributed by atoms with Crippen LogP contribution in [0, 0.1) is 0 Å². The molecule has 0 aromatic carbocycles. The summed E-state index contributed by atoms with van der Waals surface area (Å²) in [6.45, 7) is 22.7. The van der Waals surface area contributed by atoms with Gasteiger partial charge >= 0.3 is 23.9 Å². The van der Waals surface area contributed by atoms with E-state index in [0.29, 0.717) is 26.2 Å². The van der Waals surface area contributed by atoms with E-state index in [-0.39, 0.29) is 26.2 Å². The van der Waals surface area contributed by atoms with Gasteiger partial charge in [-0.05, 0) is 83.1 Å². The summed E-state index contributed by atoms with van der Waals surface area (Å²) >= 11 is 0. The van der Waals surface area contributed by atoms with Crippen LogP contribution in [0.15, 0.2) is 0 Å². The number of nitrogens with one attached hydrogen (secondary N) is 1. The quantitative estimate of drug-likeness (QED) is 0.192. The molecule has 0 spiro atoms. The second-order valence-electron chi connectivity index (χ2n) is 13.5. The lowest BCUT2D eigenvalue weighted by Gasteiger charge is -2.27. The predicted octanol–water partition coefficient (Wildman–Crippen LogP) is 2.55. The zero-order chi connectivity index (χ0) is 30.7. The van der Waals surface area contributed by atoms with Gasteiger partial charge in [-0.25, -0.2) is 0 Å². The van der Waals surface area contributed by atoms with Crippen molar-refractivity contribution in [1.29, 1.82) is 0 Å². The Morgan fingerprint density at radius 2 is 0.667 bits per heavy atom. The largest absolute Gasteiger partial charge is 0.459 e. The Balaban J connectivity index is 5.08. The second-order valence-corrected chi connectivity index (χ2v) is 13.5. The van der Waals surface area contributed by atoms with E-state index in [2.05, 4.69) is 5.32 Å². The number of rotatable bonds is 14. The third-order valence-corrected chi connectivity index (χ3v) is 4.30. The molecule has 0 heterocycles. The van der Waals surface area contributed by atoms with Crippen LogP contribution in [0.1, 0.15) is 83.1 Å². The van der Waals surface area contributed by atoms with Crippen LogP contribution in [0.4, 0.5) is 0 Å². The van der Waals surface area contributed by atoms with Crippen LogP contribution in [-0.4, -0.2) is 108 Å². The lowest BCUT2D eigenvalue weighted by molar-refractivity contribution is -0.162. The lowest BCUT2D eigenvalue weighted by Crippen LogP contribution is -2.45. The third kappa shape index (κ3) is 23.4. The number of carbonyl (C=O) groups is 4. The molecule has 0 rings (SSSR count). The summed E-state index contributed by atoms with van der Waals surface area (Å²) in [5, 5.41) is 3.24. The molecule has 0 atom stereocenters. The van der Waals surface area contributed by atoms with Gasteiger partial charge in [-0.1, -0.05) is 0 Å². The summed E-state index contributed by atoms with van der Waals surface area (Å²) in [6.07, 6.45) is 0. The van der Waals surface area contributed by atoms with Gasteiger partial charge in [-0.3, -0.25) is 29.0 Å². The molecule has 39 heavy (non-hydrogen) atoms. The zero-order valence-electron chi connectivity index (χ0n) is 26.3. The maximum Gasteiger partial charge on any atom is 0.320 e. The SMILES string of the molecule is CC(C)(C)OC(=O)CN(CCNCCN(CC(=O)OC(C)(C)C)CC(=O)OC(C)(C)C)CC(=O)OC(C)(C)C.